The minimum absolute atomic E-state index is 0.274. The molecule has 0 saturated carbocycles. The molecule has 1 saturated heterocycles. The Balaban J connectivity index is 1.50. The SMILES string of the molecule is OCc1cccc(N2CCN(c3ccn4ccnc4c3)CC2)c1F. The number of anilines is 2. The number of aliphatic hydroxyl groups is 1. The Labute approximate surface area is 139 Å². The zero-order valence-corrected chi connectivity index (χ0v) is 13.3. The van der Waals surface area contributed by atoms with Crippen molar-refractivity contribution in [1.82, 2.24) is 9.38 Å². The van der Waals surface area contributed by atoms with Gasteiger partial charge in [0.2, 0.25) is 0 Å². The molecule has 6 heteroatoms. The molecule has 0 radical (unpaired) electrons. The minimum atomic E-state index is -0.313. The van der Waals surface area contributed by atoms with E-state index in [4.69, 9.17) is 0 Å². The van der Waals surface area contributed by atoms with Crippen LogP contribution >= 0.6 is 0 Å². The van der Waals surface area contributed by atoms with Gasteiger partial charge in [-0.1, -0.05) is 12.1 Å². The maximum Gasteiger partial charge on any atom is 0.151 e. The number of pyridine rings is 1. The van der Waals surface area contributed by atoms with Crippen molar-refractivity contribution in [2.45, 2.75) is 6.61 Å². The van der Waals surface area contributed by atoms with Crippen LogP contribution in [0.1, 0.15) is 5.56 Å². The first-order valence-corrected chi connectivity index (χ1v) is 8.07. The number of imidazole rings is 1. The van der Waals surface area contributed by atoms with Crippen LogP contribution in [0.2, 0.25) is 0 Å². The van der Waals surface area contributed by atoms with E-state index in [1.807, 2.05) is 21.7 Å². The highest BCUT2D eigenvalue weighted by Crippen LogP contribution is 2.25. The summed E-state index contributed by atoms with van der Waals surface area (Å²) in [6.45, 7) is 2.85. The zero-order chi connectivity index (χ0) is 16.5. The number of halogens is 1. The monoisotopic (exact) mass is 326 g/mol. The number of benzene rings is 1. The number of nitrogens with zero attached hydrogens (tertiary/aromatic N) is 4. The van der Waals surface area contributed by atoms with Crippen molar-refractivity contribution in [3.05, 3.63) is 60.3 Å². The van der Waals surface area contributed by atoms with Crippen molar-refractivity contribution >= 4 is 17.0 Å². The second kappa shape index (κ2) is 6.13. The van der Waals surface area contributed by atoms with Gasteiger partial charge < -0.3 is 19.3 Å². The van der Waals surface area contributed by atoms with E-state index in [2.05, 4.69) is 22.0 Å². The second-order valence-electron chi connectivity index (χ2n) is 5.96. The molecule has 0 aliphatic carbocycles. The summed E-state index contributed by atoms with van der Waals surface area (Å²) < 4.78 is 16.4. The van der Waals surface area contributed by atoms with E-state index in [-0.39, 0.29) is 12.4 Å². The average Bonchev–Trinajstić information content (AvgIpc) is 3.10. The number of aromatic nitrogens is 2. The first-order valence-electron chi connectivity index (χ1n) is 8.07. The summed E-state index contributed by atoms with van der Waals surface area (Å²) in [5.74, 6) is -0.313. The molecular weight excluding hydrogens is 307 g/mol. The van der Waals surface area contributed by atoms with Crippen molar-refractivity contribution in [3.8, 4) is 0 Å². The summed E-state index contributed by atoms with van der Waals surface area (Å²) in [6, 6.07) is 9.35. The minimum Gasteiger partial charge on any atom is -0.392 e. The molecule has 4 rings (SSSR count). The summed E-state index contributed by atoms with van der Waals surface area (Å²) in [6.07, 6.45) is 5.72. The fourth-order valence-electron chi connectivity index (χ4n) is 3.23. The van der Waals surface area contributed by atoms with Crippen LogP contribution in [0.25, 0.3) is 5.65 Å². The highest BCUT2D eigenvalue weighted by Gasteiger charge is 2.21. The number of fused-ring (bicyclic) bond motifs is 1. The lowest BCUT2D eigenvalue weighted by Crippen LogP contribution is -2.46. The van der Waals surface area contributed by atoms with E-state index in [9.17, 15) is 9.50 Å². The highest BCUT2D eigenvalue weighted by molar-refractivity contribution is 5.58. The number of hydrogen-bond acceptors (Lipinski definition) is 4. The molecule has 3 aromatic rings. The van der Waals surface area contributed by atoms with Crippen LogP contribution in [0.5, 0.6) is 0 Å². The number of hydrogen-bond donors (Lipinski definition) is 1. The topological polar surface area (TPSA) is 44.0 Å². The molecule has 1 aromatic carbocycles. The van der Waals surface area contributed by atoms with E-state index in [0.717, 1.165) is 37.5 Å². The fraction of sp³-hybridized carbons (Fsp3) is 0.278. The first kappa shape index (κ1) is 15.0. The Hall–Kier alpha value is -2.60. The van der Waals surface area contributed by atoms with Crippen LogP contribution in [0.4, 0.5) is 15.8 Å². The van der Waals surface area contributed by atoms with Crippen molar-refractivity contribution in [2.75, 3.05) is 36.0 Å². The van der Waals surface area contributed by atoms with Gasteiger partial charge in [0.05, 0.1) is 12.3 Å². The standard InChI is InChI=1S/C18H19FN4O/c19-18-14(13-24)2-1-3-16(18)22-10-8-21(9-11-22)15-4-6-23-7-5-20-17(23)12-15/h1-7,12,24H,8-11,13H2. The third kappa shape index (κ3) is 2.59. The summed E-state index contributed by atoms with van der Waals surface area (Å²) in [5.41, 5.74) is 2.99. The van der Waals surface area contributed by atoms with Gasteiger partial charge in [0.15, 0.2) is 5.82 Å². The lowest BCUT2D eigenvalue weighted by molar-refractivity contribution is 0.276. The van der Waals surface area contributed by atoms with Crippen LogP contribution < -0.4 is 9.80 Å². The van der Waals surface area contributed by atoms with Crippen molar-refractivity contribution < 1.29 is 9.50 Å². The molecule has 3 heterocycles. The van der Waals surface area contributed by atoms with Gasteiger partial charge in [-0.3, -0.25) is 0 Å². The molecule has 1 fully saturated rings. The maximum atomic E-state index is 14.4. The Kier molecular flexibility index (Phi) is 3.82. The molecule has 0 atom stereocenters. The van der Waals surface area contributed by atoms with Crippen LogP contribution in [0.15, 0.2) is 48.9 Å². The molecule has 1 aliphatic heterocycles. The predicted octanol–water partition coefficient (Wildman–Crippen LogP) is 2.29. The van der Waals surface area contributed by atoms with Crippen LogP contribution in [-0.2, 0) is 6.61 Å². The zero-order valence-electron chi connectivity index (χ0n) is 13.3. The lowest BCUT2D eigenvalue weighted by Gasteiger charge is -2.37. The predicted molar refractivity (Wildman–Crippen MR) is 91.9 cm³/mol. The average molecular weight is 326 g/mol. The van der Waals surface area contributed by atoms with Gasteiger partial charge in [-0.15, -0.1) is 0 Å². The maximum absolute atomic E-state index is 14.4. The molecule has 124 valence electrons. The Morgan fingerprint density at radius 1 is 1.04 bits per heavy atom. The molecule has 0 unspecified atom stereocenters. The highest BCUT2D eigenvalue weighted by atomic mass is 19.1. The number of rotatable bonds is 3. The molecule has 1 aliphatic rings. The summed E-state index contributed by atoms with van der Waals surface area (Å²) in [7, 11) is 0. The van der Waals surface area contributed by atoms with E-state index in [1.54, 1.807) is 24.4 Å². The lowest BCUT2D eigenvalue weighted by atomic mass is 10.1. The quantitative estimate of drug-likeness (QED) is 0.802. The molecule has 5 nitrogen and oxygen atoms in total. The van der Waals surface area contributed by atoms with Crippen molar-refractivity contribution in [3.63, 3.8) is 0 Å². The third-order valence-electron chi connectivity index (χ3n) is 4.60. The van der Waals surface area contributed by atoms with Gasteiger partial charge in [-0.2, -0.15) is 0 Å². The largest absolute Gasteiger partial charge is 0.392 e. The summed E-state index contributed by atoms with van der Waals surface area (Å²) in [4.78, 5) is 8.65. The molecule has 1 N–H and O–H groups in total. The molecule has 0 bridgehead atoms. The Morgan fingerprint density at radius 3 is 2.62 bits per heavy atom. The van der Waals surface area contributed by atoms with Crippen molar-refractivity contribution in [2.24, 2.45) is 0 Å². The van der Waals surface area contributed by atoms with E-state index in [1.165, 1.54) is 0 Å². The fourth-order valence-corrected chi connectivity index (χ4v) is 3.23. The van der Waals surface area contributed by atoms with Gasteiger partial charge in [-0.05, 0) is 12.1 Å². The second-order valence-corrected chi connectivity index (χ2v) is 5.96. The first-order chi connectivity index (χ1) is 11.8. The molecule has 0 amide bonds. The normalized spacial score (nSPS) is 15.2. The molecule has 2 aromatic heterocycles. The Morgan fingerprint density at radius 2 is 1.83 bits per heavy atom. The van der Waals surface area contributed by atoms with Gasteiger partial charge >= 0.3 is 0 Å². The third-order valence-corrected chi connectivity index (χ3v) is 4.60. The van der Waals surface area contributed by atoms with Crippen molar-refractivity contribution in [1.29, 1.82) is 0 Å². The van der Waals surface area contributed by atoms with Crippen LogP contribution in [0.3, 0.4) is 0 Å². The van der Waals surface area contributed by atoms with Crippen LogP contribution in [-0.4, -0.2) is 40.7 Å². The van der Waals surface area contributed by atoms with E-state index in [0.29, 0.717) is 11.3 Å². The Bertz CT molecular complexity index is 855. The summed E-state index contributed by atoms with van der Waals surface area (Å²) >= 11 is 0. The molecular formula is C18H19FN4O. The van der Waals surface area contributed by atoms with E-state index >= 15 is 0 Å². The molecule has 0 spiro atoms. The summed E-state index contributed by atoms with van der Waals surface area (Å²) in [5, 5.41) is 9.23. The number of piperazine rings is 1. The smallest absolute Gasteiger partial charge is 0.151 e. The number of aliphatic hydroxyl groups excluding tert-OH is 1. The van der Waals surface area contributed by atoms with Gasteiger partial charge in [0.1, 0.15) is 5.65 Å². The van der Waals surface area contributed by atoms with Gasteiger partial charge in [-0.25, -0.2) is 9.37 Å². The van der Waals surface area contributed by atoms with Gasteiger partial charge in [0.25, 0.3) is 0 Å². The molecule has 24 heavy (non-hydrogen) atoms. The van der Waals surface area contributed by atoms with Gasteiger partial charge in [0, 0.05) is 62.1 Å². The van der Waals surface area contributed by atoms with Crippen LogP contribution in [0, 0.1) is 5.82 Å². The van der Waals surface area contributed by atoms with E-state index < -0.39 is 0 Å².